The molecule has 0 aromatic carbocycles. The smallest absolute Gasteiger partial charge is 0.319 e. The highest BCUT2D eigenvalue weighted by Gasteiger charge is 2.30. The number of thioether (sulfide) groups is 1. The fraction of sp³-hybridized carbons (Fsp3) is 0.231. The molecule has 0 radical (unpaired) electrons. The number of aromatic nitrogens is 3. The molecule has 2 aromatic rings. The Labute approximate surface area is 115 Å². The van der Waals surface area contributed by atoms with Crippen LogP contribution in [-0.4, -0.2) is 30.8 Å². The van der Waals surface area contributed by atoms with E-state index in [1.807, 2.05) is 18.2 Å². The first-order valence-electron chi connectivity index (χ1n) is 5.65. The highest BCUT2D eigenvalue weighted by molar-refractivity contribution is 8.01. The molecule has 0 amide bonds. The normalized spacial score (nSPS) is 11.3. The number of carbonyl (C=O) groups is 1. The Kier molecular flexibility index (Phi) is 3.80. The van der Waals surface area contributed by atoms with Gasteiger partial charge in [0, 0.05) is 18.6 Å². The van der Waals surface area contributed by atoms with Crippen LogP contribution in [-0.2, 0) is 4.79 Å². The van der Waals surface area contributed by atoms with Gasteiger partial charge in [-0.25, -0.2) is 4.98 Å². The Bertz CT molecular complexity index is 587. The van der Waals surface area contributed by atoms with E-state index in [-0.39, 0.29) is 0 Å². The molecule has 0 aliphatic rings. The third-order valence-corrected chi connectivity index (χ3v) is 3.62. The Morgan fingerprint density at radius 1 is 1.16 bits per heavy atom. The Balaban J connectivity index is 2.40. The van der Waals surface area contributed by atoms with E-state index < -0.39 is 10.7 Å². The molecule has 0 aliphatic carbocycles. The maximum Gasteiger partial charge on any atom is 0.319 e. The van der Waals surface area contributed by atoms with Gasteiger partial charge in [-0.1, -0.05) is 17.8 Å². The van der Waals surface area contributed by atoms with Gasteiger partial charge in [-0.05, 0) is 26.0 Å². The zero-order valence-electron chi connectivity index (χ0n) is 10.6. The van der Waals surface area contributed by atoms with Crippen LogP contribution in [0.4, 0.5) is 0 Å². The van der Waals surface area contributed by atoms with Crippen LogP contribution < -0.4 is 0 Å². The molecule has 2 aromatic heterocycles. The van der Waals surface area contributed by atoms with Crippen molar-refractivity contribution in [2.75, 3.05) is 0 Å². The summed E-state index contributed by atoms with van der Waals surface area (Å²) >= 11 is 1.16. The molecular formula is C13H13N3O2S. The quantitative estimate of drug-likeness (QED) is 0.864. The monoisotopic (exact) mass is 275 g/mol. The number of hydrogen-bond acceptors (Lipinski definition) is 5. The minimum atomic E-state index is -0.973. The zero-order valence-corrected chi connectivity index (χ0v) is 11.4. The number of pyridine rings is 1. The van der Waals surface area contributed by atoms with E-state index in [0.717, 1.165) is 11.8 Å². The van der Waals surface area contributed by atoms with Gasteiger partial charge in [-0.2, -0.15) is 0 Å². The van der Waals surface area contributed by atoms with Gasteiger partial charge in [0.1, 0.15) is 15.5 Å². The lowest BCUT2D eigenvalue weighted by Crippen LogP contribution is -2.27. The van der Waals surface area contributed by atoms with Crippen molar-refractivity contribution < 1.29 is 9.90 Å². The summed E-state index contributed by atoms with van der Waals surface area (Å²) in [6.45, 7) is 3.27. The highest BCUT2D eigenvalue weighted by Crippen LogP contribution is 2.35. The second-order valence-corrected chi connectivity index (χ2v) is 5.95. The lowest BCUT2D eigenvalue weighted by molar-refractivity contribution is -0.138. The molecule has 0 fully saturated rings. The van der Waals surface area contributed by atoms with Crippen LogP contribution >= 0.6 is 11.8 Å². The van der Waals surface area contributed by atoms with E-state index in [1.165, 1.54) is 0 Å². The van der Waals surface area contributed by atoms with Crippen molar-refractivity contribution in [3.8, 4) is 11.4 Å². The second kappa shape index (κ2) is 5.36. The highest BCUT2D eigenvalue weighted by atomic mass is 32.2. The van der Waals surface area contributed by atoms with E-state index in [4.69, 9.17) is 0 Å². The van der Waals surface area contributed by atoms with E-state index in [9.17, 15) is 9.90 Å². The molecule has 0 atom stereocenters. The minimum Gasteiger partial charge on any atom is -0.480 e. The number of carboxylic acid groups (broad SMARTS) is 1. The van der Waals surface area contributed by atoms with Crippen molar-refractivity contribution >= 4 is 17.7 Å². The average Bonchev–Trinajstić information content (AvgIpc) is 2.40. The molecule has 0 saturated heterocycles. The number of hydrogen-bond donors (Lipinski definition) is 1. The van der Waals surface area contributed by atoms with E-state index in [0.29, 0.717) is 16.4 Å². The molecule has 0 saturated carbocycles. The molecule has 0 bridgehead atoms. The van der Waals surface area contributed by atoms with Gasteiger partial charge in [0.2, 0.25) is 0 Å². The first kappa shape index (κ1) is 13.5. The molecule has 6 heteroatoms. The van der Waals surface area contributed by atoms with Crippen LogP contribution in [0.2, 0.25) is 0 Å². The molecule has 2 rings (SSSR count). The standard InChI is InChI=1S/C13H13N3O2S/c1-13(2,12(17)18)19-11-10(15-7-8-16-11)9-5-3-4-6-14-9/h3-8H,1-2H3,(H,17,18). The van der Waals surface area contributed by atoms with Gasteiger partial charge in [0.25, 0.3) is 0 Å². The van der Waals surface area contributed by atoms with Gasteiger partial charge in [-0.3, -0.25) is 14.8 Å². The van der Waals surface area contributed by atoms with Gasteiger partial charge in [0.15, 0.2) is 0 Å². The third-order valence-electron chi connectivity index (χ3n) is 2.44. The lowest BCUT2D eigenvalue weighted by Gasteiger charge is -2.18. The Morgan fingerprint density at radius 3 is 2.53 bits per heavy atom. The van der Waals surface area contributed by atoms with E-state index in [1.54, 1.807) is 32.4 Å². The van der Waals surface area contributed by atoms with Crippen LogP contribution in [0.3, 0.4) is 0 Å². The van der Waals surface area contributed by atoms with Crippen molar-refractivity contribution in [3.05, 3.63) is 36.8 Å². The number of carboxylic acids is 1. The SMILES string of the molecule is CC(C)(Sc1nccnc1-c1ccccn1)C(=O)O. The van der Waals surface area contributed by atoms with Crippen molar-refractivity contribution in [1.29, 1.82) is 0 Å². The average molecular weight is 275 g/mol. The van der Waals surface area contributed by atoms with Gasteiger partial charge < -0.3 is 5.11 Å². The predicted molar refractivity (Wildman–Crippen MR) is 72.8 cm³/mol. The fourth-order valence-electron chi connectivity index (χ4n) is 1.36. The third kappa shape index (κ3) is 3.08. The van der Waals surface area contributed by atoms with Crippen LogP contribution in [0, 0.1) is 0 Å². The Morgan fingerprint density at radius 2 is 1.89 bits per heavy atom. The zero-order chi connectivity index (χ0) is 13.9. The summed E-state index contributed by atoms with van der Waals surface area (Å²) in [4.78, 5) is 23.9. The molecule has 1 N–H and O–H groups in total. The van der Waals surface area contributed by atoms with Gasteiger partial charge in [-0.15, -0.1) is 0 Å². The van der Waals surface area contributed by atoms with Gasteiger partial charge in [0.05, 0.1) is 5.69 Å². The summed E-state index contributed by atoms with van der Waals surface area (Å²) in [6.07, 6.45) is 4.79. The number of aliphatic carboxylic acids is 1. The molecule has 98 valence electrons. The van der Waals surface area contributed by atoms with Crippen LogP contribution in [0.15, 0.2) is 41.8 Å². The van der Waals surface area contributed by atoms with Gasteiger partial charge >= 0.3 is 5.97 Å². The fourth-order valence-corrected chi connectivity index (χ4v) is 2.30. The summed E-state index contributed by atoms with van der Waals surface area (Å²) in [5, 5.41) is 9.74. The summed E-state index contributed by atoms with van der Waals surface area (Å²) in [6, 6.07) is 5.49. The summed E-state index contributed by atoms with van der Waals surface area (Å²) in [7, 11) is 0. The summed E-state index contributed by atoms with van der Waals surface area (Å²) in [5.41, 5.74) is 1.28. The largest absolute Gasteiger partial charge is 0.480 e. The van der Waals surface area contributed by atoms with Crippen molar-refractivity contribution in [2.45, 2.75) is 23.6 Å². The van der Waals surface area contributed by atoms with Crippen LogP contribution in [0.5, 0.6) is 0 Å². The molecule has 0 spiro atoms. The second-order valence-electron chi connectivity index (χ2n) is 4.34. The molecule has 5 nitrogen and oxygen atoms in total. The molecule has 0 aliphatic heterocycles. The topological polar surface area (TPSA) is 76.0 Å². The number of rotatable bonds is 4. The molecular weight excluding hydrogens is 262 g/mol. The Hall–Kier alpha value is -1.95. The maximum atomic E-state index is 11.2. The predicted octanol–water partition coefficient (Wildman–Crippen LogP) is 2.49. The molecule has 0 unspecified atom stereocenters. The first-order valence-corrected chi connectivity index (χ1v) is 6.47. The molecule has 19 heavy (non-hydrogen) atoms. The van der Waals surface area contributed by atoms with Crippen molar-refractivity contribution in [2.24, 2.45) is 0 Å². The number of nitrogens with zero attached hydrogens (tertiary/aromatic N) is 3. The van der Waals surface area contributed by atoms with E-state index >= 15 is 0 Å². The van der Waals surface area contributed by atoms with E-state index in [2.05, 4.69) is 15.0 Å². The lowest BCUT2D eigenvalue weighted by atomic mass is 10.2. The minimum absolute atomic E-state index is 0.564. The first-order chi connectivity index (χ1) is 9.00. The van der Waals surface area contributed by atoms with Crippen molar-refractivity contribution in [3.63, 3.8) is 0 Å². The molecule has 2 heterocycles. The summed E-state index contributed by atoms with van der Waals surface area (Å²) in [5.74, 6) is -0.893. The maximum absolute atomic E-state index is 11.2. The van der Waals surface area contributed by atoms with Crippen LogP contribution in [0.25, 0.3) is 11.4 Å². The summed E-state index contributed by atoms with van der Waals surface area (Å²) < 4.78 is -0.973. The van der Waals surface area contributed by atoms with Crippen molar-refractivity contribution in [1.82, 2.24) is 15.0 Å². The van der Waals surface area contributed by atoms with Crippen LogP contribution in [0.1, 0.15) is 13.8 Å².